The van der Waals surface area contributed by atoms with Crippen molar-refractivity contribution >= 4 is 23.2 Å². The van der Waals surface area contributed by atoms with Gasteiger partial charge < -0.3 is 10.2 Å². The minimum absolute atomic E-state index is 0.0841. The topological polar surface area (TPSA) is 49.4 Å². The summed E-state index contributed by atoms with van der Waals surface area (Å²) in [4.78, 5) is 26.0. The number of hydrogen-bond acceptors (Lipinski definition) is 3. The number of amides is 2. The third-order valence-electron chi connectivity index (χ3n) is 3.35. The maximum atomic E-state index is 12.1. The van der Waals surface area contributed by atoms with Gasteiger partial charge in [-0.1, -0.05) is 6.07 Å². The van der Waals surface area contributed by atoms with Crippen molar-refractivity contribution < 1.29 is 22.8 Å². The Morgan fingerprint density at radius 3 is 2.52 bits per heavy atom. The third-order valence-corrected chi connectivity index (χ3v) is 4.21. The molecule has 2 heterocycles. The zero-order valence-electron chi connectivity index (χ0n) is 11.2. The lowest BCUT2D eigenvalue weighted by Crippen LogP contribution is -2.44. The molecule has 0 unspecified atom stereocenters. The average molecular weight is 320 g/mol. The fourth-order valence-electron chi connectivity index (χ4n) is 2.23. The molecule has 0 atom stereocenters. The second-order valence-electron chi connectivity index (χ2n) is 4.88. The normalized spacial score (nSPS) is 16.8. The number of carbonyl (C=O) groups excluding carboxylic acids is 2. The average Bonchev–Trinajstić information content (AvgIpc) is 2.97. The summed E-state index contributed by atoms with van der Waals surface area (Å²) in [5.41, 5.74) is 0. The summed E-state index contributed by atoms with van der Waals surface area (Å²) >= 11 is 1.35. The molecule has 0 radical (unpaired) electrons. The van der Waals surface area contributed by atoms with Gasteiger partial charge in [-0.25, -0.2) is 0 Å². The molecular formula is C13H15F3N2O2S. The van der Waals surface area contributed by atoms with E-state index in [9.17, 15) is 22.8 Å². The van der Waals surface area contributed by atoms with Crippen LogP contribution in [0.15, 0.2) is 17.5 Å². The highest BCUT2D eigenvalue weighted by atomic mass is 32.1. The van der Waals surface area contributed by atoms with E-state index in [1.54, 1.807) is 17.0 Å². The van der Waals surface area contributed by atoms with E-state index < -0.39 is 24.5 Å². The van der Waals surface area contributed by atoms with Crippen molar-refractivity contribution in [3.63, 3.8) is 0 Å². The van der Waals surface area contributed by atoms with E-state index in [0.717, 1.165) is 0 Å². The highest BCUT2D eigenvalue weighted by molar-refractivity contribution is 7.12. The Morgan fingerprint density at radius 1 is 1.33 bits per heavy atom. The van der Waals surface area contributed by atoms with Crippen molar-refractivity contribution in [1.82, 2.24) is 10.2 Å². The highest BCUT2D eigenvalue weighted by Crippen LogP contribution is 2.21. The molecule has 0 aromatic carbocycles. The Bertz CT molecular complexity index is 494. The van der Waals surface area contributed by atoms with E-state index in [2.05, 4.69) is 0 Å². The summed E-state index contributed by atoms with van der Waals surface area (Å²) in [5.74, 6) is -1.13. The molecule has 0 bridgehead atoms. The van der Waals surface area contributed by atoms with Gasteiger partial charge >= 0.3 is 6.18 Å². The van der Waals surface area contributed by atoms with Crippen LogP contribution >= 0.6 is 11.3 Å². The Labute approximate surface area is 123 Å². The SMILES string of the molecule is O=C(NCC(F)(F)F)C1CCN(C(=O)c2cccs2)CC1. The lowest BCUT2D eigenvalue weighted by atomic mass is 9.96. The number of halogens is 3. The van der Waals surface area contributed by atoms with Gasteiger partial charge in [-0.2, -0.15) is 13.2 Å². The first-order chi connectivity index (χ1) is 9.87. The number of carbonyl (C=O) groups is 2. The first-order valence-electron chi connectivity index (χ1n) is 6.54. The molecule has 116 valence electrons. The summed E-state index contributed by atoms with van der Waals surface area (Å²) in [6.45, 7) is -0.526. The van der Waals surface area contributed by atoms with Gasteiger partial charge in [0.2, 0.25) is 5.91 Å². The van der Waals surface area contributed by atoms with Gasteiger partial charge in [0.05, 0.1) is 4.88 Å². The van der Waals surface area contributed by atoms with E-state index >= 15 is 0 Å². The van der Waals surface area contributed by atoms with Gasteiger partial charge in [0, 0.05) is 19.0 Å². The summed E-state index contributed by atoms with van der Waals surface area (Å²) in [6.07, 6.45) is -3.62. The molecule has 0 spiro atoms. The number of thiophene rings is 1. The van der Waals surface area contributed by atoms with Crippen LogP contribution in [-0.2, 0) is 4.79 Å². The molecule has 1 fully saturated rings. The summed E-state index contributed by atoms with van der Waals surface area (Å²) < 4.78 is 36.1. The van der Waals surface area contributed by atoms with Crippen LogP contribution in [0.5, 0.6) is 0 Å². The van der Waals surface area contributed by atoms with Gasteiger partial charge in [0.15, 0.2) is 0 Å². The van der Waals surface area contributed by atoms with Gasteiger partial charge in [-0.05, 0) is 24.3 Å². The van der Waals surface area contributed by atoms with Crippen molar-refractivity contribution in [1.29, 1.82) is 0 Å². The van der Waals surface area contributed by atoms with Crippen molar-refractivity contribution in [3.05, 3.63) is 22.4 Å². The summed E-state index contributed by atoms with van der Waals surface area (Å²) in [7, 11) is 0. The van der Waals surface area contributed by atoms with E-state index in [1.165, 1.54) is 11.3 Å². The number of nitrogens with one attached hydrogen (secondary N) is 1. The van der Waals surface area contributed by atoms with Crippen molar-refractivity contribution in [2.24, 2.45) is 5.92 Å². The van der Waals surface area contributed by atoms with Crippen molar-refractivity contribution in [2.75, 3.05) is 19.6 Å². The number of hydrogen-bond donors (Lipinski definition) is 1. The van der Waals surface area contributed by atoms with Crippen LogP contribution in [0.4, 0.5) is 13.2 Å². The first-order valence-corrected chi connectivity index (χ1v) is 7.42. The molecule has 1 aliphatic rings. The van der Waals surface area contributed by atoms with Crippen LogP contribution in [0.2, 0.25) is 0 Å². The van der Waals surface area contributed by atoms with Crippen LogP contribution in [0.3, 0.4) is 0 Å². The van der Waals surface area contributed by atoms with E-state index in [4.69, 9.17) is 0 Å². The second-order valence-corrected chi connectivity index (χ2v) is 5.82. The Kier molecular flexibility index (Phi) is 4.87. The lowest BCUT2D eigenvalue weighted by Gasteiger charge is -2.31. The molecule has 2 rings (SSSR count). The molecule has 21 heavy (non-hydrogen) atoms. The number of nitrogens with zero attached hydrogens (tertiary/aromatic N) is 1. The van der Waals surface area contributed by atoms with Crippen molar-refractivity contribution in [2.45, 2.75) is 19.0 Å². The van der Waals surface area contributed by atoms with Crippen LogP contribution in [0.25, 0.3) is 0 Å². The van der Waals surface area contributed by atoms with Crippen LogP contribution in [0, 0.1) is 5.92 Å². The molecule has 1 aromatic rings. The standard InChI is InChI=1S/C13H15F3N2O2S/c14-13(15,16)8-17-11(19)9-3-5-18(6-4-9)12(20)10-2-1-7-21-10/h1-2,7,9H,3-6,8H2,(H,17,19). The van der Waals surface area contributed by atoms with Gasteiger partial charge in [-0.15, -0.1) is 11.3 Å². The molecule has 8 heteroatoms. The zero-order valence-corrected chi connectivity index (χ0v) is 12.0. The predicted octanol–water partition coefficient (Wildman–Crippen LogP) is 2.28. The molecule has 1 aromatic heterocycles. The van der Waals surface area contributed by atoms with Gasteiger partial charge in [0.1, 0.15) is 6.54 Å². The van der Waals surface area contributed by atoms with E-state index in [-0.39, 0.29) is 5.91 Å². The Balaban J connectivity index is 1.80. The highest BCUT2D eigenvalue weighted by Gasteiger charge is 2.32. The first kappa shape index (κ1) is 15.8. The molecule has 1 saturated heterocycles. The van der Waals surface area contributed by atoms with Crippen LogP contribution in [-0.4, -0.2) is 42.5 Å². The molecule has 0 aliphatic carbocycles. The maximum Gasteiger partial charge on any atom is 0.405 e. The second kappa shape index (κ2) is 6.46. The number of piperidine rings is 1. The van der Waals surface area contributed by atoms with Crippen LogP contribution < -0.4 is 5.32 Å². The lowest BCUT2D eigenvalue weighted by molar-refractivity contribution is -0.141. The minimum atomic E-state index is -4.40. The molecule has 4 nitrogen and oxygen atoms in total. The van der Waals surface area contributed by atoms with E-state index in [0.29, 0.717) is 30.8 Å². The number of rotatable bonds is 3. The molecule has 1 aliphatic heterocycles. The monoisotopic (exact) mass is 320 g/mol. The maximum absolute atomic E-state index is 12.1. The zero-order chi connectivity index (χ0) is 15.5. The predicted molar refractivity (Wildman–Crippen MR) is 72.0 cm³/mol. The summed E-state index contributed by atoms with van der Waals surface area (Å²) in [5, 5.41) is 3.71. The van der Waals surface area contributed by atoms with Gasteiger partial charge in [0.25, 0.3) is 5.91 Å². The number of alkyl halides is 3. The third kappa shape index (κ3) is 4.45. The fraction of sp³-hybridized carbons (Fsp3) is 0.538. The Hall–Kier alpha value is -1.57. The molecule has 2 amide bonds. The van der Waals surface area contributed by atoms with Crippen molar-refractivity contribution in [3.8, 4) is 0 Å². The van der Waals surface area contributed by atoms with Crippen LogP contribution in [0.1, 0.15) is 22.5 Å². The molecule has 1 N–H and O–H groups in total. The molecular weight excluding hydrogens is 305 g/mol. The molecule has 0 saturated carbocycles. The Morgan fingerprint density at radius 2 is 2.00 bits per heavy atom. The fourth-order valence-corrected chi connectivity index (χ4v) is 2.92. The van der Waals surface area contributed by atoms with E-state index in [1.807, 2.05) is 10.7 Å². The smallest absolute Gasteiger partial charge is 0.347 e. The quantitative estimate of drug-likeness (QED) is 0.929. The van der Waals surface area contributed by atoms with Gasteiger partial charge in [-0.3, -0.25) is 9.59 Å². The minimum Gasteiger partial charge on any atom is -0.347 e. The number of likely N-dealkylation sites (tertiary alicyclic amines) is 1. The summed E-state index contributed by atoms with van der Waals surface area (Å²) in [6, 6.07) is 3.52. The largest absolute Gasteiger partial charge is 0.405 e.